The molecule has 10 heavy (non-hydrogen) atoms. The Kier molecular flexibility index (Phi) is 6.30. The molecule has 1 fully saturated rings. The van der Waals surface area contributed by atoms with E-state index in [2.05, 4.69) is 6.92 Å². The van der Waals surface area contributed by atoms with Gasteiger partial charge in [0.25, 0.3) is 0 Å². The third-order valence-electron chi connectivity index (χ3n) is 1.67. The fourth-order valence-corrected chi connectivity index (χ4v) is 1.63. The standard InChI is InChI=1S/C6H14OSi.2CH4/c1-6(8)4-2-3-5-7-6;;/h2-5H2,1,8H3;2*1H4. The van der Waals surface area contributed by atoms with Crippen molar-refractivity contribution in [3.63, 3.8) is 0 Å². The van der Waals surface area contributed by atoms with Crippen LogP contribution in [-0.4, -0.2) is 22.1 Å². The summed E-state index contributed by atoms with van der Waals surface area (Å²) < 4.78 is 5.53. The lowest BCUT2D eigenvalue weighted by molar-refractivity contribution is -0.00436. The molecule has 1 saturated heterocycles. The maximum Gasteiger partial charge on any atom is 0.0468 e. The average molecular weight is 162 g/mol. The minimum atomic E-state index is 0. The highest BCUT2D eigenvalue weighted by Crippen LogP contribution is 2.19. The van der Waals surface area contributed by atoms with Crippen LogP contribution >= 0.6 is 0 Å². The quantitative estimate of drug-likeness (QED) is 0.491. The molecular weight excluding hydrogens is 140 g/mol. The van der Waals surface area contributed by atoms with Gasteiger partial charge in [-0.15, -0.1) is 0 Å². The first-order valence-corrected chi connectivity index (χ1v) is 4.35. The Morgan fingerprint density at radius 3 is 2.10 bits per heavy atom. The molecule has 1 aliphatic heterocycles. The van der Waals surface area contributed by atoms with Gasteiger partial charge in [0.1, 0.15) is 0 Å². The summed E-state index contributed by atoms with van der Waals surface area (Å²) in [5, 5.41) is 0.318. The minimum Gasteiger partial charge on any atom is -0.380 e. The smallest absolute Gasteiger partial charge is 0.0468 e. The highest BCUT2D eigenvalue weighted by molar-refractivity contribution is 6.14. The lowest BCUT2D eigenvalue weighted by Gasteiger charge is -2.29. The van der Waals surface area contributed by atoms with Gasteiger partial charge < -0.3 is 4.74 Å². The zero-order valence-electron chi connectivity index (χ0n) is 5.74. The molecule has 1 unspecified atom stereocenters. The summed E-state index contributed by atoms with van der Waals surface area (Å²) in [5.41, 5.74) is 0. The van der Waals surface area contributed by atoms with Crippen molar-refractivity contribution < 1.29 is 4.74 Å². The van der Waals surface area contributed by atoms with Gasteiger partial charge in [0.05, 0.1) is 0 Å². The van der Waals surface area contributed by atoms with Crippen LogP contribution in [0.15, 0.2) is 0 Å². The molecule has 0 aromatic heterocycles. The van der Waals surface area contributed by atoms with Crippen LogP contribution in [0.2, 0.25) is 0 Å². The summed E-state index contributed by atoms with van der Waals surface area (Å²) >= 11 is 0. The Morgan fingerprint density at radius 1 is 1.30 bits per heavy atom. The van der Waals surface area contributed by atoms with Gasteiger partial charge in [-0.05, 0) is 26.2 Å². The van der Waals surface area contributed by atoms with E-state index in [4.69, 9.17) is 4.74 Å². The van der Waals surface area contributed by atoms with Gasteiger partial charge in [0, 0.05) is 22.1 Å². The molecule has 0 N–H and O–H groups in total. The maximum absolute atomic E-state index is 5.53. The van der Waals surface area contributed by atoms with Crippen molar-refractivity contribution in [3.8, 4) is 0 Å². The summed E-state index contributed by atoms with van der Waals surface area (Å²) in [6.07, 6.45) is 3.94. The van der Waals surface area contributed by atoms with E-state index in [1.54, 1.807) is 0 Å². The first-order valence-electron chi connectivity index (χ1n) is 3.35. The van der Waals surface area contributed by atoms with Crippen molar-refractivity contribution >= 4 is 10.2 Å². The lowest BCUT2D eigenvalue weighted by Crippen LogP contribution is -2.32. The predicted molar refractivity (Wildman–Crippen MR) is 51.6 cm³/mol. The Morgan fingerprint density at radius 2 is 1.90 bits per heavy atom. The Hall–Kier alpha value is 0.177. The summed E-state index contributed by atoms with van der Waals surface area (Å²) in [5.74, 6) is 0. The lowest BCUT2D eigenvalue weighted by atomic mass is 10.1. The second-order valence-corrected chi connectivity index (χ2v) is 5.18. The van der Waals surface area contributed by atoms with Crippen LogP contribution in [0, 0.1) is 0 Å². The predicted octanol–water partition coefficient (Wildman–Crippen LogP) is 1.54. The van der Waals surface area contributed by atoms with E-state index < -0.39 is 0 Å². The number of rotatable bonds is 0. The van der Waals surface area contributed by atoms with Crippen LogP contribution in [-0.2, 0) is 4.74 Å². The molecule has 64 valence electrons. The van der Waals surface area contributed by atoms with Gasteiger partial charge in [0.15, 0.2) is 0 Å². The molecule has 0 spiro atoms. The van der Waals surface area contributed by atoms with Gasteiger partial charge in [0.2, 0.25) is 0 Å². The molecular formula is C8H22OSi. The third kappa shape index (κ3) is 4.07. The molecule has 0 bridgehead atoms. The van der Waals surface area contributed by atoms with Gasteiger partial charge >= 0.3 is 0 Å². The van der Waals surface area contributed by atoms with Gasteiger partial charge in [-0.25, -0.2) is 0 Å². The van der Waals surface area contributed by atoms with Crippen molar-refractivity contribution in [2.24, 2.45) is 0 Å². The average Bonchev–Trinajstić information content (AvgIpc) is 1.65. The highest BCUT2D eigenvalue weighted by atomic mass is 28.1. The van der Waals surface area contributed by atoms with Gasteiger partial charge in [-0.3, -0.25) is 0 Å². The maximum atomic E-state index is 5.53. The molecule has 1 rings (SSSR count). The molecule has 0 saturated carbocycles. The van der Waals surface area contributed by atoms with E-state index in [1.165, 1.54) is 29.5 Å². The number of hydrogen-bond acceptors (Lipinski definition) is 1. The Balaban J connectivity index is 0. The van der Waals surface area contributed by atoms with E-state index in [1.807, 2.05) is 0 Å². The van der Waals surface area contributed by atoms with Crippen LogP contribution in [0.3, 0.4) is 0 Å². The topological polar surface area (TPSA) is 9.23 Å². The van der Waals surface area contributed by atoms with Crippen LogP contribution in [0.5, 0.6) is 0 Å². The largest absolute Gasteiger partial charge is 0.380 e. The SMILES string of the molecule is C.C.CC1([SiH3])CCCCO1. The molecule has 0 radical (unpaired) electrons. The van der Waals surface area contributed by atoms with E-state index in [0.717, 1.165) is 6.61 Å². The van der Waals surface area contributed by atoms with Crippen LogP contribution in [0.1, 0.15) is 41.0 Å². The Bertz CT molecular complexity index is 73.3. The Labute approximate surface area is 68.6 Å². The van der Waals surface area contributed by atoms with Crippen molar-refractivity contribution in [3.05, 3.63) is 0 Å². The highest BCUT2D eigenvalue weighted by Gasteiger charge is 2.20. The second-order valence-electron chi connectivity index (χ2n) is 3.07. The van der Waals surface area contributed by atoms with Crippen molar-refractivity contribution in [2.75, 3.05) is 6.61 Å². The molecule has 0 amide bonds. The van der Waals surface area contributed by atoms with Crippen LogP contribution in [0.25, 0.3) is 0 Å². The molecule has 1 heterocycles. The molecule has 1 atom stereocenters. The summed E-state index contributed by atoms with van der Waals surface area (Å²) in [4.78, 5) is 0. The molecule has 0 aliphatic carbocycles. The molecule has 1 aliphatic rings. The van der Waals surface area contributed by atoms with E-state index in [-0.39, 0.29) is 14.9 Å². The molecule has 0 aromatic rings. The zero-order valence-corrected chi connectivity index (χ0v) is 7.74. The monoisotopic (exact) mass is 162 g/mol. The van der Waals surface area contributed by atoms with Crippen molar-refractivity contribution in [2.45, 2.75) is 46.3 Å². The summed E-state index contributed by atoms with van der Waals surface area (Å²) in [6.45, 7) is 3.22. The molecule has 1 nitrogen and oxygen atoms in total. The van der Waals surface area contributed by atoms with Crippen LogP contribution in [0.4, 0.5) is 0 Å². The van der Waals surface area contributed by atoms with Crippen molar-refractivity contribution in [1.82, 2.24) is 0 Å². The van der Waals surface area contributed by atoms with Crippen molar-refractivity contribution in [1.29, 1.82) is 0 Å². The molecule has 0 aromatic carbocycles. The number of hydrogen-bond donors (Lipinski definition) is 0. The summed E-state index contributed by atoms with van der Waals surface area (Å²) in [6, 6.07) is 0. The zero-order chi connectivity index (χ0) is 6.04. The normalized spacial score (nSPS) is 32.1. The minimum absolute atomic E-state index is 0. The van der Waals surface area contributed by atoms with E-state index in [9.17, 15) is 0 Å². The van der Waals surface area contributed by atoms with Gasteiger partial charge in [-0.2, -0.15) is 0 Å². The first-order chi connectivity index (χ1) is 3.71. The van der Waals surface area contributed by atoms with Gasteiger partial charge in [-0.1, -0.05) is 14.9 Å². The number of ether oxygens (including phenoxy) is 1. The first kappa shape index (κ1) is 12.8. The summed E-state index contributed by atoms with van der Waals surface area (Å²) in [7, 11) is 1.19. The molecule has 2 heteroatoms. The third-order valence-corrected chi connectivity index (χ3v) is 2.45. The van der Waals surface area contributed by atoms with Crippen LogP contribution < -0.4 is 0 Å². The second kappa shape index (κ2) is 4.91. The van der Waals surface area contributed by atoms with E-state index in [0.29, 0.717) is 5.22 Å². The fraction of sp³-hybridized carbons (Fsp3) is 1.00. The van der Waals surface area contributed by atoms with E-state index >= 15 is 0 Å². The fourth-order valence-electron chi connectivity index (χ4n) is 1.07.